The molecule has 0 aliphatic carbocycles. The highest BCUT2D eigenvalue weighted by Crippen LogP contribution is 2.07. The Hall–Kier alpha value is -3.22. The summed E-state index contributed by atoms with van der Waals surface area (Å²) in [6.07, 6.45) is 0.606. The smallest absolute Gasteiger partial charge is 0.317 e. The molecule has 3 aromatic rings. The fourth-order valence-corrected chi connectivity index (χ4v) is 2.79. The normalized spacial score (nSPS) is 10.7. The molecule has 2 aromatic carbocycles. The molecular formula is C20H21FN4O2. The number of aromatic nitrogens is 2. The molecule has 3 rings (SSSR count). The summed E-state index contributed by atoms with van der Waals surface area (Å²) in [6, 6.07) is 13.0. The first kappa shape index (κ1) is 18.6. The summed E-state index contributed by atoms with van der Waals surface area (Å²) in [5.74, 6) is 0.158. The Morgan fingerprint density at radius 1 is 1.19 bits per heavy atom. The van der Waals surface area contributed by atoms with Gasteiger partial charge in [0.15, 0.2) is 0 Å². The second-order valence-corrected chi connectivity index (χ2v) is 6.15. The zero-order valence-electron chi connectivity index (χ0n) is 15.0. The fraction of sp³-hybridized carbons (Fsp3) is 0.250. The predicted molar refractivity (Wildman–Crippen MR) is 102 cm³/mol. The second-order valence-electron chi connectivity index (χ2n) is 6.15. The number of H-pyrrole nitrogens is 1. The van der Waals surface area contributed by atoms with Gasteiger partial charge in [0, 0.05) is 13.1 Å². The van der Waals surface area contributed by atoms with Crippen molar-refractivity contribution in [1.29, 1.82) is 0 Å². The van der Waals surface area contributed by atoms with Gasteiger partial charge in [-0.25, -0.2) is 14.2 Å². The van der Waals surface area contributed by atoms with Crippen LogP contribution in [0.4, 0.5) is 9.18 Å². The van der Waals surface area contributed by atoms with Gasteiger partial charge in [-0.2, -0.15) is 0 Å². The van der Waals surface area contributed by atoms with E-state index in [4.69, 9.17) is 0 Å². The molecule has 0 aliphatic heterocycles. The van der Waals surface area contributed by atoms with Crippen LogP contribution in [0, 0.1) is 5.82 Å². The van der Waals surface area contributed by atoms with Gasteiger partial charge in [0.2, 0.25) is 0 Å². The van der Waals surface area contributed by atoms with Crippen molar-refractivity contribution in [3.05, 3.63) is 76.1 Å². The van der Waals surface area contributed by atoms with E-state index >= 15 is 0 Å². The van der Waals surface area contributed by atoms with Crippen molar-refractivity contribution in [3.63, 3.8) is 0 Å². The maximum Gasteiger partial charge on any atom is 0.317 e. The van der Waals surface area contributed by atoms with E-state index in [1.165, 1.54) is 12.1 Å². The van der Waals surface area contributed by atoms with Crippen molar-refractivity contribution in [1.82, 2.24) is 20.2 Å². The molecule has 140 valence electrons. The van der Waals surface area contributed by atoms with Gasteiger partial charge in [0.25, 0.3) is 5.56 Å². The number of hydrogen-bond donors (Lipinski definition) is 2. The molecule has 0 radical (unpaired) electrons. The van der Waals surface area contributed by atoms with Crippen molar-refractivity contribution in [3.8, 4) is 0 Å². The highest BCUT2D eigenvalue weighted by atomic mass is 19.1. The zero-order valence-corrected chi connectivity index (χ0v) is 15.0. The summed E-state index contributed by atoms with van der Waals surface area (Å²) < 4.78 is 12.9. The van der Waals surface area contributed by atoms with Crippen LogP contribution in [0.5, 0.6) is 0 Å². The van der Waals surface area contributed by atoms with Gasteiger partial charge in [-0.05, 0) is 43.2 Å². The van der Waals surface area contributed by atoms with Gasteiger partial charge in [0.05, 0.1) is 17.4 Å². The minimum Gasteiger partial charge on any atom is -0.338 e. The number of nitrogens with zero attached hydrogens (tertiary/aromatic N) is 2. The van der Waals surface area contributed by atoms with Crippen LogP contribution in [0.3, 0.4) is 0 Å². The Bertz CT molecular complexity index is 985. The summed E-state index contributed by atoms with van der Waals surface area (Å²) in [6.45, 7) is 2.97. The Kier molecular flexibility index (Phi) is 5.80. The molecule has 1 heterocycles. The Morgan fingerprint density at radius 2 is 1.93 bits per heavy atom. The van der Waals surface area contributed by atoms with E-state index < -0.39 is 0 Å². The molecule has 0 fully saturated rings. The summed E-state index contributed by atoms with van der Waals surface area (Å²) in [5.41, 5.74) is 1.33. The van der Waals surface area contributed by atoms with Crippen LogP contribution in [0.15, 0.2) is 53.3 Å². The molecule has 0 unspecified atom stereocenters. The van der Waals surface area contributed by atoms with Crippen LogP contribution in [0.25, 0.3) is 10.9 Å². The number of fused-ring (bicyclic) bond motifs is 1. The lowest BCUT2D eigenvalue weighted by Gasteiger charge is -2.21. The number of aromatic amines is 1. The number of urea groups is 1. The standard InChI is InChI=1S/C20H21FN4O2/c1-2-25(20(27)22-12-11-14-7-9-15(21)10-8-14)13-18-23-17-6-4-3-5-16(17)19(26)24-18/h3-10H,2,11-13H2,1H3,(H,22,27)(H,23,24,26). The Balaban J connectivity index is 1.61. The first-order chi connectivity index (χ1) is 13.1. The molecule has 1 aromatic heterocycles. The lowest BCUT2D eigenvalue weighted by Crippen LogP contribution is -2.40. The molecule has 2 amide bonds. The van der Waals surface area contributed by atoms with Crippen molar-refractivity contribution in [2.24, 2.45) is 0 Å². The summed E-state index contributed by atoms with van der Waals surface area (Å²) in [7, 11) is 0. The summed E-state index contributed by atoms with van der Waals surface area (Å²) in [4.78, 5) is 33.3. The quantitative estimate of drug-likeness (QED) is 0.702. The van der Waals surface area contributed by atoms with Crippen LogP contribution >= 0.6 is 0 Å². The van der Waals surface area contributed by atoms with Crippen LogP contribution in [-0.4, -0.2) is 34.0 Å². The molecule has 0 saturated carbocycles. The van der Waals surface area contributed by atoms with E-state index in [1.807, 2.05) is 13.0 Å². The Morgan fingerprint density at radius 3 is 2.67 bits per heavy atom. The molecule has 0 atom stereocenters. The van der Waals surface area contributed by atoms with E-state index in [0.717, 1.165) is 5.56 Å². The highest BCUT2D eigenvalue weighted by molar-refractivity contribution is 5.77. The van der Waals surface area contributed by atoms with Gasteiger partial charge >= 0.3 is 6.03 Å². The lowest BCUT2D eigenvalue weighted by molar-refractivity contribution is 0.197. The minimum atomic E-state index is -0.281. The van der Waals surface area contributed by atoms with Crippen molar-refractivity contribution in [2.45, 2.75) is 19.9 Å². The van der Waals surface area contributed by atoms with Crippen molar-refractivity contribution in [2.75, 3.05) is 13.1 Å². The molecule has 0 bridgehead atoms. The highest BCUT2D eigenvalue weighted by Gasteiger charge is 2.14. The van der Waals surface area contributed by atoms with Gasteiger partial charge in [-0.3, -0.25) is 4.79 Å². The first-order valence-electron chi connectivity index (χ1n) is 8.82. The molecule has 0 aliphatic rings. The van der Waals surface area contributed by atoms with Crippen LogP contribution in [0.2, 0.25) is 0 Å². The van der Waals surface area contributed by atoms with E-state index in [-0.39, 0.29) is 24.0 Å². The van der Waals surface area contributed by atoms with Crippen molar-refractivity contribution < 1.29 is 9.18 Å². The molecule has 0 spiro atoms. The van der Waals surface area contributed by atoms with Crippen LogP contribution in [-0.2, 0) is 13.0 Å². The minimum absolute atomic E-state index is 0.207. The number of amides is 2. The van der Waals surface area contributed by atoms with E-state index in [0.29, 0.717) is 36.2 Å². The number of rotatable bonds is 6. The van der Waals surface area contributed by atoms with Gasteiger partial charge in [-0.15, -0.1) is 0 Å². The number of halogens is 1. The first-order valence-corrected chi connectivity index (χ1v) is 8.82. The number of nitrogens with one attached hydrogen (secondary N) is 2. The maximum atomic E-state index is 12.9. The maximum absolute atomic E-state index is 12.9. The predicted octanol–water partition coefficient (Wildman–Crippen LogP) is 2.84. The van der Waals surface area contributed by atoms with E-state index in [2.05, 4.69) is 15.3 Å². The third kappa shape index (κ3) is 4.69. The summed E-state index contributed by atoms with van der Waals surface area (Å²) in [5, 5.41) is 3.36. The van der Waals surface area contributed by atoms with Crippen LogP contribution in [0.1, 0.15) is 18.3 Å². The molecular weight excluding hydrogens is 347 g/mol. The third-order valence-electron chi connectivity index (χ3n) is 4.27. The average Bonchev–Trinajstić information content (AvgIpc) is 2.67. The van der Waals surface area contributed by atoms with E-state index in [1.54, 1.807) is 35.2 Å². The number of hydrogen-bond acceptors (Lipinski definition) is 3. The van der Waals surface area contributed by atoms with Gasteiger partial charge in [-0.1, -0.05) is 24.3 Å². The SMILES string of the molecule is CCN(Cc1nc2ccccc2c(=O)[nH]1)C(=O)NCCc1ccc(F)cc1. The topological polar surface area (TPSA) is 78.1 Å². The monoisotopic (exact) mass is 368 g/mol. The second kappa shape index (κ2) is 8.44. The van der Waals surface area contributed by atoms with Gasteiger partial charge in [0.1, 0.15) is 11.6 Å². The number of carbonyl (C=O) groups is 1. The number of benzene rings is 2. The average molecular weight is 368 g/mol. The van der Waals surface area contributed by atoms with E-state index in [9.17, 15) is 14.0 Å². The molecule has 27 heavy (non-hydrogen) atoms. The molecule has 0 saturated heterocycles. The van der Waals surface area contributed by atoms with Gasteiger partial charge < -0.3 is 15.2 Å². The third-order valence-corrected chi connectivity index (χ3v) is 4.27. The van der Waals surface area contributed by atoms with Crippen LogP contribution < -0.4 is 10.9 Å². The van der Waals surface area contributed by atoms with Crippen molar-refractivity contribution >= 4 is 16.9 Å². The summed E-state index contributed by atoms with van der Waals surface area (Å²) >= 11 is 0. The molecule has 2 N–H and O–H groups in total. The largest absolute Gasteiger partial charge is 0.338 e. The zero-order chi connectivity index (χ0) is 19.2. The molecule has 6 nitrogen and oxygen atoms in total. The molecule has 7 heteroatoms. The number of para-hydroxylation sites is 1. The fourth-order valence-electron chi connectivity index (χ4n) is 2.79. The number of carbonyl (C=O) groups excluding carboxylic acids is 1. The Labute approximate surface area is 156 Å². The lowest BCUT2D eigenvalue weighted by atomic mass is 10.1.